The lowest BCUT2D eigenvalue weighted by molar-refractivity contribution is -0.131. The van der Waals surface area contributed by atoms with E-state index in [9.17, 15) is 4.79 Å². The van der Waals surface area contributed by atoms with Gasteiger partial charge in [0.25, 0.3) is 0 Å². The number of nitrogens with zero attached hydrogens (tertiary/aromatic N) is 1. The molecule has 5 heteroatoms. The van der Waals surface area contributed by atoms with Crippen LogP contribution in [0.15, 0.2) is 42.6 Å². The van der Waals surface area contributed by atoms with Crippen molar-refractivity contribution in [2.45, 2.75) is 32.2 Å². The quantitative estimate of drug-likeness (QED) is 0.767. The minimum absolute atomic E-state index is 0.0643. The molecule has 5 rings (SSSR count). The second-order valence-electron chi connectivity index (χ2n) is 7.28. The van der Waals surface area contributed by atoms with Crippen LogP contribution in [0, 0.1) is 0 Å². The molecule has 3 aromatic rings. The van der Waals surface area contributed by atoms with Crippen molar-refractivity contribution in [3.63, 3.8) is 0 Å². The highest BCUT2D eigenvalue weighted by Gasteiger charge is 2.31. The summed E-state index contributed by atoms with van der Waals surface area (Å²) >= 11 is 0. The van der Waals surface area contributed by atoms with E-state index in [4.69, 9.17) is 9.47 Å². The van der Waals surface area contributed by atoms with Crippen molar-refractivity contribution in [2.75, 3.05) is 13.3 Å². The van der Waals surface area contributed by atoms with Crippen LogP contribution in [0.1, 0.15) is 36.1 Å². The van der Waals surface area contributed by atoms with E-state index < -0.39 is 0 Å². The van der Waals surface area contributed by atoms with Crippen molar-refractivity contribution in [3.05, 3.63) is 59.3 Å². The number of benzene rings is 2. The molecular formula is C22H22N2O3. The molecule has 0 bridgehead atoms. The first kappa shape index (κ1) is 16.2. The Bertz CT molecular complexity index is 1020. The molecule has 1 amide bonds. The number of hydrogen-bond acceptors (Lipinski definition) is 3. The van der Waals surface area contributed by atoms with E-state index in [1.807, 2.05) is 11.0 Å². The van der Waals surface area contributed by atoms with Crippen LogP contribution >= 0.6 is 0 Å². The molecule has 0 radical (unpaired) electrons. The van der Waals surface area contributed by atoms with Gasteiger partial charge in [0, 0.05) is 30.6 Å². The average molecular weight is 362 g/mol. The maximum Gasteiger partial charge on any atom is 0.231 e. The van der Waals surface area contributed by atoms with Gasteiger partial charge in [-0.3, -0.25) is 4.79 Å². The maximum atomic E-state index is 12.3. The van der Waals surface area contributed by atoms with E-state index in [0.29, 0.717) is 0 Å². The number of H-pyrrole nitrogens is 1. The number of aryl methyl sites for hydroxylation is 1. The van der Waals surface area contributed by atoms with Gasteiger partial charge in [-0.25, -0.2) is 0 Å². The Morgan fingerprint density at radius 3 is 2.89 bits per heavy atom. The van der Waals surface area contributed by atoms with E-state index in [0.717, 1.165) is 42.8 Å². The molecule has 1 atom stereocenters. The molecule has 0 saturated heterocycles. The number of rotatable bonds is 3. The summed E-state index contributed by atoms with van der Waals surface area (Å²) in [7, 11) is 0. The molecule has 0 spiro atoms. The first-order valence-electron chi connectivity index (χ1n) is 9.45. The Hall–Kier alpha value is -2.95. The first-order valence-corrected chi connectivity index (χ1v) is 9.45. The lowest BCUT2D eigenvalue weighted by Gasteiger charge is -2.37. The van der Waals surface area contributed by atoms with Gasteiger partial charge in [0.05, 0.1) is 6.04 Å². The number of carbonyl (C=O) groups is 1. The SMILES string of the molecule is CC(=O)N1CCc2cc3c(cc2C1CCc1c[nH]c2ccccc12)OCO3. The third-order valence-corrected chi connectivity index (χ3v) is 5.76. The van der Waals surface area contributed by atoms with E-state index in [2.05, 4.69) is 41.5 Å². The van der Waals surface area contributed by atoms with Gasteiger partial charge in [-0.2, -0.15) is 0 Å². The van der Waals surface area contributed by atoms with Crippen molar-refractivity contribution in [1.29, 1.82) is 0 Å². The van der Waals surface area contributed by atoms with Crippen molar-refractivity contribution in [2.24, 2.45) is 0 Å². The summed E-state index contributed by atoms with van der Waals surface area (Å²) in [5, 5.41) is 1.26. The monoisotopic (exact) mass is 362 g/mol. The zero-order valence-electron chi connectivity index (χ0n) is 15.3. The van der Waals surface area contributed by atoms with Gasteiger partial charge < -0.3 is 19.4 Å². The van der Waals surface area contributed by atoms with Crippen LogP contribution in [0.2, 0.25) is 0 Å². The molecule has 27 heavy (non-hydrogen) atoms. The first-order chi connectivity index (χ1) is 13.2. The summed E-state index contributed by atoms with van der Waals surface area (Å²) in [5.74, 6) is 1.74. The molecule has 3 heterocycles. The van der Waals surface area contributed by atoms with Crippen LogP contribution in [-0.4, -0.2) is 29.1 Å². The Kier molecular flexibility index (Phi) is 3.81. The fraction of sp³-hybridized carbons (Fsp3) is 0.318. The predicted molar refractivity (Wildman–Crippen MR) is 103 cm³/mol. The van der Waals surface area contributed by atoms with E-state index in [-0.39, 0.29) is 18.7 Å². The number of carbonyl (C=O) groups excluding carboxylic acids is 1. The zero-order valence-corrected chi connectivity index (χ0v) is 15.3. The average Bonchev–Trinajstić information content (AvgIpc) is 3.30. The zero-order chi connectivity index (χ0) is 18.4. The Morgan fingerprint density at radius 1 is 1.22 bits per heavy atom. The van der Waals surface area contributed by atoms with Gasteiger partial charge in [-0.15, -0.1) is 0 Å². The molecule has 1 N–H and O–H groups in total. The summed E-state index contributed by atoms with van der Waals surface area (Å²) in [5.41, 5.74) is 4.91. The summed E-state index contributed by atoms with van der Waals surface area (Å²) in [6, 6.07) is 12.6. The highest BCUT2D eigenvalue weighted by atomic mass is 16.7. The normalized spacial score (nSPS) is 18.0. The van der Waals surface area contributed by atoms with Crippen molar-refractivity contribution < 1.29 is 14.3 Å². The van der Waals surface area contributed by atoms with Crippen LogP contribution in [0.4, 0.5) is 0 Å². The minimum Gasteiger partial charge on any atom is -0.454 e. The minimum atomic E-state index is 0.0643. The predicted octanol–water partition coefficient (Wildman–Crippen LogP) is 3.98. The fourth-order valence-electron chi connectivity index (χ4n) is 4.41. The fourth-order valence-corrected chi connectivity index (χ4v) is 4.41. The number of aromatic nitrogens is 1. The van der Waals surface area contributed by atoms with Gasteiger partial charge in [0.1, 0.15) is 0 Å². The number of amides is 1. The largest absolute Gasteiger partial charge is 0.454 e. The molecular weight excluding hydrogens is 340 g/mol. The highest BCUT2D eigenvalue weighted by Crippen LogP contribution is 2.42. The maximum absolute atomic E-state index is 12.3. The molecule has 138 valence electrons. The van der Waals surface area contributed by atoms with Crippen molar-refractivity contribution in [1.82, 2.24) is 9.88 Å². The molecule has 1 aromatic heterocycles. The number of aromatic amines is 1. The van der Waals surface area contributed by atoms with Crippen LogP contribution in [-0.2, 0) is 17.6 Å². The standard InChI is InChI=1S/C22H22N2O3/c1-14(25)24-9-8-15-10-21-22(27-13-26-21)11-18(15)20(24)7-6-16-12-23-19-5-3-2-4-17(16)19/h2-5,10-12,20,23H,6-9,13H2,1H3. The van der Waals surface area contributed by atoms with Gasteiger partial charge in [-0.05, 0) is 54.2 Å². The second kappa shape index (κ2) is 6.34. The topological polar surface area (TPSA) is 54.6 Å². The molecule has 2 aliphatic heterocycles. The van der Waals surface area contributed by atoms with Crippen molar-refractivity contribution >= 4 is 16.8 Å². The molecule has 2 aliphatic rings. The van der Waals surface area contributed by atoms with Gasteiger partial charge in [0.15, 0.2) is 11.5 Å². The number of para-hydroxylation sites is 1. The molecule has 5 nitrogen and oxygen atoms in total. The molecule has 0 aliphatic carbocycles. The van der Waals surface area contributed by atoms with Crippen LogP contribution < -0.4 is 9.47 Å². The number of hydrogen-bond donors (Lipinski definition) is 1. The second-order valence-corrected chi connectivity index (χ2v) is 7.28. The molecule has 1 unspecified atom stereocenters. The van der Waals surface area contributed by atoms with Gasteiger partial charge in [0.2, 0.25) is 12.7 Å². The van der Waals surface area contributed by atoms with Crippen LogP contribution in [0.3, 0.4) is 0 Å². The number of ether oxygens (including phenoxy) is 2. The van der Waals surface area contributed by atoms with E-state index in [1.54, 1.807) is 6.92 Å². The lowest BCUT2D eigenvalue weighted by atomic mass is 9.88. The Balaban J connectivity index is 1.48. The summed E-state index contributed by atoms with van der Waals surface area (Å²) in [4.78, 5) is 17.6. The summed E-state index contributed by atoms with van der Waals surface area (Å²) in [6.45, 7) is 2.69. The number of nitrogens with one attached hydrogen (secondary N) is 1. The van der Waals surface area contributed by atoms with E-state index in [1.165, 1.54) is 22.1 Å². The van der Waals surface area contributed by atoms with Crippen molar-refractivity contribution in [3.8, 4) is 11.5 Å². The smallest absolute Gasteiger partial charge is 0.231 e. The molecule has 2 aromatic carbocycles. The van der Waals surface area contributed by atoms with E-state index >= 15 is 0 Å². The third-order valence-electron chi connectivity index (χ3n) is 5.76. The Labute approximate surface area is 157 Å². The van der Waals surface area contributed by atoms with Crippen LogP contribution in [0.25, 0.3) is 10.9 Å². The lowest BCUT2D eigenvalue weighted by Crippen LogP contribution is -2.39. The molecule has 0 saturated carbocycles. The summed E-state index contributed by atoms with van der Waals surface area (Å²) < 4.78 is 11.1. The van der Waals surface area contributed by atoms with Gasteiger partial charge >= 0.3 is 0 Å². The van der Waals surface area contributed by atoms with Gasteiger partial charge in [-0.1, -0.05) is 18.2 Å². The number of fused-ring (bicyclic) bond motifs is 3. The van der Waals surface area contributed by atoms with Crippen LogP contribution in [0.5, 0.6) is 11.5 Å². The molecule has 0 fully saturated rings. The highest BCUT2D eigenvalue weighted by molar-refractivity contribution is 5.83. The third kappa shape index (κ3) is 2.74. The Morgan fingerprint density at radius 2 is 2.04 bits per heavy atom. The summed E-state index contributed by atoms with van der Waals surface area (Å²) in [6.07, 6.45) is 4.74.